The molecule has 0 bridgehead atoms. The highest BCUT2D eigenvalue weighted by atomic mass is 15.3. The molecular weight excluding hydrogens is 274 g/mol. The van der Waals surface area contributed by atoms with Gasteiger partial charge in [0, 0.05) is 23.6 Å². The van der Waals surface area contributed by atoms with Gasteiger partial charge in [0.25, 0.3) is 0 Å². The summed E-state index contributed by atoms with van der Waals surface area (Å²) in [5.74, 6) is 0.679. The molecule has 0 spiro atoms. The first-order valence-electron chi connectivity index (χ1n) is 8.01. The molecule has 0 radical (unpaired) electrons. The zero-order chi connectivity index (χ0) is 14.8. The Morgan fingerprint density at radius 3 is 2.82 bits per heavy atom. The number of para-hydroxylation sites is 1. The molecule has 1 N–H and O–H groups in total. The minimum Gasteiger partial charge on any atom is -0.361 e. The summed E-state index contributed by atoms with van der Waals surface area (Å²) in [6, 6.07) is 8.62. The molecule has 1 aliphatic heterocycles. The average Bonchev–Trinajstić information content (AvgIpc) is 3.23. The van der Waals surface area contributed by atoms with Gasteiger partial charge in [-0.25, -0.2) is 4.98 Å². The number of aromatic amines is 1. The van der Waals surface area contributed by atoms with Crippen molar-refractivity contribution in [2.24, 2.45) is 0 Å². The number of H-pyrrole nitrogens is 1. The predicted molar refractivity (Wildman–Crippen MR) is 86.7 cm³/mol. The molecule has 22 heavy (non-hydrogen) atoms. The topological polar surface area (TPSA) is 49.7 Å². The lowest BCUT2D eigenvalue weighted by molar-refractivity contribution is 0.203. The molecule has 1 fully saturated rings. The van der Waals surface area contributed by atoms with Crippen molar-refractivity contribution in [1.29, 1.82) is 0 Å². The Hall–Kier alpha value is -2.14. The smallest absolute Gasteiger partial charge is 0.137 e. The standard InChI is InChI=1S/C17H21N5/c1-2-4-17-15(3-1)16(11-19-17)14-5-7-21(8-6-14)9-10-22-13-18-12-20-22/h1-4,11-14,19H,5-10H2. The Morgan fingerprint density at radius 1 is 1.14 bits per heavy atom. The van der Waals surface area contributed by atoms with Crippen molar-refractivity contribution >= 4 is 10.9 Å². The van der Waals surface area contributed by atoms with Crippen LogP contribution in [0.3, 0.4) is 0 Å². The normalized spacial score (nSPS) is 17.3. The number of nitrogens with one attached hydrogen (secondary N) is 1. The molecule has 3 heterocycles. The fourth-order valence-electron chi connectivity index (χ4n) is 3.49. The van der Waals surface area contributed by atoms with E-state index in [9.17, 15) is 0 Å². The maximum atomic E-state index is 4.17. The highest BCUT2D eigenvalue weighted by Crippen LogP contribution is 2.32. The largest absolute Gasteiger partial charge is 0.361 e. The van der Waals surface area contributed by atoms with Crippen molar-refractivity contribution < 1.29 is 0 Å². The molecule has 0 saturated carbocycles. The van der Waals surface area contributed by atoms with Gasteiger partial charge in [-0.2, -0.15) is 5.10 Å². The summed E-state index contributed by atoms with van der Waals surface area (Å²) in [5, 5.41) is 5.56. The molecule has 3 aromatic rings. The average molecular weight is 295 g/mol. The Kier molecular flexibility index (Phi) is 3.64. The Labute approximate surface area is 130 Å². The second-order valence-corrected chi connectivity index (χ2v) is 6.06. The Balaban J connectivity index is 1.37. The van der Waals surface area contributed by atoms with Crippen LogP contribution in [0.5, 0.6) is 0 Å². The molecule has 5 nitrogen and oxygen atoms in total. The zero-order valence-corrected chi connectivity index (χ0v) is 12.7. The minimum absolute atomic E-state index is 0.679. The van der Waals surface area contributed by atoms with Crippen molar-refractivity contribution in [2.75, 3.05) is 19.6 Å². The molecular formula is C17H21N5. The molecule has 0 atom stereocenters. The van der Waals surface area contributed by atoms with E-state index in [-0.39, 0.29) is 0 Å². The Bertz CT molecular complexity index is 722. The van der Waals surface area contributed by atoms with Crippen LogP contribution in [0.4, 0.5) is 0 Å². The van der Waals surface area contributed by atoms with E-state index in [2.05, 4.69) is 50.4 Å². The van der Waals surface area contributed by atoms with Crippen molar-refractivity contribution in [3.63, 3.8) is 0 Å². The molecule has 1 aromatic carbocycles. The predicted octanol–water partition coefficient (Wildman–Crippen LogP) is 2.64. The highest BCUT2D eigenvalue weighted by molar-refractivity contribution is 5.83. The van der Waals surface area contributed by atoms with Gasteiger partial charge in [-0.1, -0.05) is 18.2 Å². The molecule has 1 saturated heterocycles. The second-order valence-electron chi connectivity index (χ2n) is 6.06. The van der Waals surface area contributed by atoms with E-state index in [1.165, 1.54) is 42.4 Å². The van der Waals surface area contributed by atoms with Crippen LogP contribution in [0.25, 0.3) is 10.9 Å². The fraction of sp³-hybridized carbons (Fsp3) is 0.412. The number of hydrogen-bond donors (Lipinski definition) is 1. The van der Waals surface area contributed by atoms with Crippen LogP contribution in [0.2, 0.25) is 0 Å². The van der Waals surface area contributed by atoms with Gasteiger partial charge in [-0.3, -0.25) is 4.68 Å². The quantitative estimate of drug-likeness (QED) is 0.805. The lowest BCUT2D eigenvalue weighted by Gasteiger charge is -2.31. The van der Waals surface area contributed by atoms with Crippen molar-refractivity contribution in [1.82, 2.24) is 24.6 Å². The summed E-state index contributed by atoms with van der Waals surface area (Å²) >= 11 is 0. The third kappa shape index (κ3) is 2.64. The minimum atomic E-state index is 0.679. The van der Waals surface area contributed by atoms with Gasteiger partial charge in [0.05, 0.1) is 6.54 Å². The van der Waals surface area contributed by atoms with Gasteiger partial charge in [0.1, 0.15) is 12.7 Å². The summed E-state index contributed by atoms with van der Waals surface area (Å²) in [6.07, 6.45) is 8.07. The van der Waals surface area contributed by atoms with Gasteiger partial charge in [-0.15, -0.1) is 0 Å². The third-order valence-electron chi connectivity index (χ3n) is 4.76. The zero-order valence-electron chi connectivity index (χ0n) is 12.7. The fourth-order valence-corrected chi connectivity index (χ4v) is 3.49. The first-order chi connectivity index (χ1) is 10.9. The molecule has 0 unspecified atom stereocenters. The number of likely N-dealkylation sites (tertiary alicyclic amines) is 1. The van der Waals surface area contributed by atoms with Crippen molar-refractivity contribution in [3.05, 3.63) is 48.7 Å². The third-order valence-corrected chi connectivity index (χ3v) is 4.76. The monoisotopic (exact) mass is 295 g/mol. The highest BCUT2D eigenvalue weighted by Gasteiger charge is 2.22. The molecule has 114 valence electrons. The summed E-state index contributed by atoms with van der Waals surface area (Å²) in [5.41, 5.74) is 2.75. The van der Waals surface area contributed by atoms with Crippen molar-refractivity contribution in [3.8, 4) is 0 Å². The lowest BCUT2D eigenvalue weighted by atomic mass is 9.89. The van der Waals surface area contributed by atoms with Gasteiger partial charge >= 0.3 is 0 Å². The summed E-state index contributed by atoms with van der Waals surface area (Å²) in [6.45, 7) is 4.32. The molecule has 0 amide bonds. The van der Waals surface area contributed by atoms with E-state index >= 15 is 0 Å². The van der Waals surface area contributed by atoms with Gasteiger partial charge in [0.2, 0.25) is 0 Å². The van der Waals surface area contributed by atoms with E-state index in [0.29, 0.717) is 5.92 Å². The molecule has 0 aliphatic carbocycles. The first kappa shape index (κ1) is 13.5. The SMILES string of the molecule is c1ccc2c(C3CCN(CCn4cncn4)CC3)c[nH]c2c1. The number of nitrogens with zero attached hydrogens (tertiary/aromatic N) is 4. The molecule has 5 heteroatoms. The van der Waals surface area contributed by atoms with Crippen LogP contribution in [0.15, 0.2) is 43.1 Å². The van der Waals surface area contributed by atoms with E-state index < -0.39 is 0 Å². The summed E-state index contributed by atoms with van der Waals surface area (Å²) in [7, 11) is 0. The first-order valence-corrected chi connectivity index (χ1v) is 8.01. The van der Waals surface area contributed by atoms with Crippen LogP contribution >= 0.6 is 0 Å². The number of fused-ring (bicyclic) bond motifs is 1. The van der Waals surface area contributed by atoms with Crippen LogP contribution in [-0.4, -0.2) is 44.3 Å². The number of rotatable bonds is 4. The van der Waals surface area contributed by atoms with Gasteiger partial charge in [0.15, 0.2) is 0 Å². The lowest BCUT2D eigenvalue weighted by Crippen LogP contribution is -2.35. The van der Waals surface area contributed by atoms with E-state index in [1.807, 2.05) is 4.68 Å². The number of hydrogen-bond acceptors (Lipinski definition) is 3. The van der Waals surface area contributed by atoms with E-state index in [4.69, 9.17) is 0 Å². The molecule has 1 aliphatic rings. The Morgan fingerprint density at radius 2 is 2.00 bits per heavy atom. The summed E-state index contributed by atoms with van der Waals surface area (Å²) in [4.78, 5) is 9.93. The van der Waals surface area contributed by atoms with Crippen LogP contribution in [0, 0.1) is 0 Å². The van der Waals surface area contributed by atoms with Crippen molar-refractivity contribution in [2.45, 2.75) is 25.3 Å². The summed E-state index contributed by atoms with van der Waals surface area (Å²) < 4.78 is 1.91. The molecule has 4 rings (SSSR count). The molecule has 2 aromatic heterocycles. The number of piperidine rings is 1. The number of aromatic nitrogens is 4. The van der Waals surface area contributed by atoms with E-state index in [1.54, 1.807) is 12.7 Å². The van der Waals surface area contributed by atoms with Crippen LogP contribution in [-0.2, 0) is 6.54 Å². The number of benzene rings is 1. The maximum absolute atomic E-state index is 4.17. The van der Waals surface area contributed by atoms with Gasteiger partial charge in [-0.05, 0) is 43.5 Å². The van der Waals surface area contributed by atoms with Crippen LogP contribution < -0.4 is 0 Å². The second kappa shape index (κ2) is 5.93. The van der Waals surface area contributed by atoms with Crippen LogP contribution in [0.1, 0.15) is 24.3 Å². The maximum Gasteiger partial charge on any atom is 0.137 e. The van der Waals surface area contributed by atoms with E-state index in [0.717, 1.165) is 13.1 Å². The van der Waals surface area contributed by atoms with Gasteiger partial charge < -0.3 is 9.88 Å².